The Morgan fingerprint density at radius 3 is 2.80 bits per heavy atom. The molecule has 0 bridgehead atoms. The third-order valence-electron chi connectivity index (χ3n) is 4.05. The summed E-state index contributed by atoms with van der Waals surface area (Å²) >= 11 is 11.8. The molecule has 0 radical (unpaired) electrons. The van der Waals surface area contributed by atoms with Gasteiger partial charge in [0.1, 0.15) is 18.5 Å². The van der Waals surface area contributed by atoms with Crippen LogP contribution < -0.4 is 15.4 Å². The van der Waals surface area contributed by atoms with Crippen molar-refractivity contribution in [2.24, 2.45) is 5.92 Å². The molecule has 1 saturated heterocycles. The molecule has 6 nitrogen and oxygen atoms in total. The first kappa shape index (κ1) is 20.1. The number of carbonyl (C=O) groups is 1. The molecule has 0 aromatic heterocycles. The molecule has 8 heteroatoms. The van der Waals surface area contributed by atoms with Crippen LogP contribution >= 0.6 is 23.2 Å². The molecule has 25 heavy (non-hydrogen) atoms. The van der Waals surface area contributed by atoms with Gasteiger partial charge in [-0.2, -0.15) is 0 Å². The lowest BCUT2D eigenvalue weighted by Gasteiger charge is -2.25. The first-order chi connectivity index (χ1) is 11.9. The molecule has 2 amide bonds. The van der Waals surface area contributed by atoms with E-state index in [1.54, 1.807) is 25.2 Å². The molecular weight excluding hydrogens is 365 g/mol. The Morgan fingerprint density at radius 1 is 1.44 bits per heavy atom. The number of amides is 2. The SMILES string of the molecule is CN(CC(O)COc1cc(Cl)cc(Cl)c1)C(=O)NCC1CCCNC1. The van der Waals surface area contributed by atoms with Gasteiger partial charge in [0.25, 0.3) is 0 Å². The number of hydrogen-bond acceptors (Lipinski definition) is 4. The van der Waals surface area contributed by atoms with E-state index in [4.69, 9.17) is 27.9 Å². The Bertz CT molecular complexity index is 548. The van der Waals surface area contributed by atoms with Crippen LogP contribution in [0.5, 0.6) is 5.75 Å². The number of ether oxygens (including phenoxy) is 1. The summed E-state index contributed by atoms with van der Waals surface area (Å²) in [6.45, 7) is 2.84. The molecule has 1 heterocycles. The number of rotatable bonds is 7. The van der Waals surface area contributed by atoms with Gasteiger partial charge in [-0.25, -0.2) is 4.79 Å². The van der Waals surface area contributed by atoms with E-state index in [-0.39, 0.29) is 19.2 Å². The van der Waals surface area contributed by atoms with Crippen molar-refractivity contribution in [1.82, 2.24) is 15.5 Å². The minimum absolute atomic E-state index is 0.0425. The molecule has 1 aromatic rings. The summed E-state index contributed by atoms with van der Waals surface area (Å²) in [6, 6.07) is 4.64. The van der Waals surface area contributed by atoms with Crippen LogP contribution in [0.3, 0.4) is 0 Å². The van der Waals surface area contributed by atoms with Crippen molar-refractivity contribution in [3.05, 3.63) is 28.2 Å². The Labute approximate surface area is 158 Å². The highest BCUT2D eigenvalue weighted by Gasteiger charge is 2.17. The van der Waals surface area contributed by atoms with Gasteiger partial charge in [0.15, 0.2) is 0 Å². The molecule has 3 N–H and O–H groups in total. The average molecular weight is 390 g/mol. The minimum Gasteiger partial charge on any atom is -0.491 e. The van der Waals surface area contributed by atoms with Gasteiger partial charge in [-0.1, -0.05) is 23.2 Å². The van der Waals surface area contributed by atoms with Crippen LogP contribution in [-0.4, -0.2) is 62.0 Å². The maximum Gasteiger partial charge on any atom is 0.317 e. The zero-order valence-corrected chi connectivity index (χ0v) is 15.8. The maximum absolute atomic E-state index is 12.1. The van der Waals surface area contributed by atoms with E-state index >= 15 is 0 Å². The second kappa shape index (κ2) is 10.1. The Hall–Kier alpha value is -1.21. The summed E-state index contributed by atoms with van der Waals surface area (Å²) in [4.78, 5) is 13.5. The molecule has 140 valence electrons. The molecule has 2 unspecified atom stereocenters. The zero-order valence-electron chi connectivity index (χ0n) is 14.3. The number of halogens is 2. The maximum atomic E-state index is 12.1. The number of nitrogens with one attached hydrogen (secondary N) is 2. The predicted octanol–water partition coefficient (Wildman–Crippen LogP) is 2.37. The van der Waals surface area contributed by atoms with E-state index in [9.17, 15) is 9.90 Å². The van der Waals surface area contributed by atoms with Crippen molar-refractivity contribution in [3.8, 4) is 5.75 Å². The van der Waals surface area contributed by atoms with E-state index in [1.165, 1.54) is 4.90 Å². The van der Waals surface area contributed by atoms with Crippen molar-refractivity contribution in [2.75, 3.05) is 39.8 Å². The number of piperidine rings is 1. The molecule has 2 rings (SSSR count). The zero-order chi connectivity index (χ0) is 18.2. The molecule has 2 atom stereocenters. The summed E-state index contributed by atoms with van der Waals surface area (Å²) in [5.41, 5.74) is 0. The Morgan fingerprint density at radius 2 is 2.16 bits per heavy atom. The number of aliphatic hydroxyl groups excluding tert-OH is 1. The standard InChI is InChI=1S/C17H25Cl2N3O3/c1-22(17(24)21-9-12-3-2-4-20-8-12)10-15(23)11-25-16-6-13(18)5-14(19)7-16/h5-7,12,15,20,23H,2-4,8-11H2,1H3,(H,21,24). The number of nitrogens with zero attached hydrogens (tertiary/aromatic N) is 1. The summed E-state index contributed by atoms with van der Waals surface area (Å²) in [6.07, 6.45) is 1.44. The first-order valence-electron chi connectivity index (χ1n) is 8.40. The predicted molar refractivity (Wildman–Crippen MR) is 99.6 cm³/mol. The van der Waals surface area contributed by atoms with E-state index in [2.05, 4.69) is 10.6 Å². The summed E-state index contributed by atoms with van der Waals surface area (Å²) in [5, 5.41) is 17.2. The Balaban J connectivity index is 1.69. The van der Waals surface area contributed by atoms with Gasteiger partial charge in [-0.15, -0.1) is 0 Å². The number of benzene rings is 1. The second-order valence-corrected chi connectivity index (χ2v) is 7.22. The topological polar surface area (TPSA) is 73.8 Å². The van der Waals surface area contributed by atoms with E-state index in [1.807, 2.05) is 0 Å². The summed E-state index contributed by atoms with van der Waals surface area (Å²) in [5.74, 6) is 0.945. The fourth-order valence-electron chi connectivity index (χ4n) is 2.72. The van der Waals surface area contributed by atoms with Crippen molar-refractivity contribution in [1.29, 1.82) is 0 Å². The number of urea groups is 1. The highest BCUT2D eigenvalue weighted by atomic mass is 35.5. The fraction of sp³-hybridized carbons (Fsp3) is 0.588. The quantitative estimate of drug-likeness (QED) is 0.669. The monoisotopic (exact) mass is 389 g/mol. The molecule has 0 spiro atoms. The van der Waals surface area contributed by atoms with Crippen LogP contribution in [0.4, 0.5) is 4.79 Å². The lowest BCUT2D eigenvalue weighted by Crippen LogP contribution is -2.45. The van der Waals surface area contributed by atoms with Crippen LogP contribution in [0.1, 0.15) is 12.8 Å². The third-order valence-corrected chi connectivity index (χ3v) is 4.49. The normalized spacial score (nSPS) is 18.5. The minimum atomic E-state index is -0.815. The van der Waals surface area contributed by atoms with Gasteiger partial charge in [-0.05, 0) is 50.0 Å². The number of likely N-dealkylation sites (N-methyl/N-ethyl adjacent to an activating group) is 1. The van der Waals surface area contributed by atoms with Gasteiger partial charge in [0, 0.05) is 23.6 Å². The second-order valence-electron chi connectivity index (χ2n) is 6.35. The number of aliphatic hydroxyl groups is 1. The molecule has 0 aliphatic carbocycles. The van der Waals surface area contributed by atoms with E-state index < -0.39 is 6.10 Å². The first-order valence-corrected chi connectivity index (χ1v) is 9.16. The Kier molecular flexibility index (Phi) is 8.09. The van der Waals surface area contributed by atoms with Crippen molar-refractivity contribution in [3.63, 3.8) is 0 Å². The van der Waals surface area contributed by atoms with Crippen LogP contribution in [0.25, 0.3) is 0 Å². The molecule has 1 aliphatic rings. The molecule has 0 saturated carbocycles. The molecular formula is C17H25Cl2N3O3. The molecule has 1 aromatic carbocycles. The van der Waals surface area contributed by atoms with Crippen LogP contribution in [0, 0.1) is 5.92 Å². The third kappa shape index (κ3) is 7.28. The fourth-order valence-corrected chi connectivity index (χ4v) is 3.23. The summed E-state index contributed by atoms with van der Waals surface area (Å²) < 4.78 is 5.48. The summed E-state index contributed by atoms with van der Waals surface area (Å²) in [7, 11) is 1.65. The van der Waals surface area contributed by atoms with Crippen LogP contribution in [-0.2, 0) is 0 Å². The lowest BCUT2D eigenvalue weighted by molar-refractivity contribution is 0.0828. The van der Waals surface area contributed by atoms with Crippen molar-refractivity contribution in [2.45, 2.75) is 18.9 Å². The number of hydrogen-bond donors (Lipinski definition) is 3. The van der Waals surface area contributed by atoms with Gasteiger partial charge < -0.3 is 25.4 Å². The van der Waals surface area contributed by atoms with Crippen LogP contribution in [0.2, 0.25) is 10.0 Å². The molecule has 1 fully saturated rings. The highest BCUT2D eigenvalue weighted by molar-refractivity contribution is 6.34. The highest BCUT2D eigenvalue weighted by Crippen LogP contribution is 2.24. The lowest BCUT2D eigenvalue weighted by atomic mass is 10.00. The number of carbonyl (C=O) groups excluding carboxylic acids is 1. The average Bonchev–Trinajstić information content (AvgIpc) is 2.58. The van der Waals surface area contributed by atoms with E-state index in [0.717, 1.165) is 25.9 Å². The molecule has 1 aliphatic heterocycles. The van der Waals surface area contributed by atoms with Gasteiger partial charge >= 0.3 is 6.03 Å². The van der Waals surface area contributed by atoms with Gasteiger partial charge in [-0.3, -0.25) is 0 Å². The largest absolute Gasteiger partial charge is 0.491 e. The van der Waals surface area contributed by atoms with Gasteiger partial charge in [0.2, 0.25) is 0 Å². The van der Waals surface area contributed by atoms with Crippen LogP contribution in [0.15, 0.2) is 18.2 Å². The van der Waals surface area contributed by atoms with Crippen molar-refractivity contribution < 1.29 is 14.6 Å². The van der Waals surface area contributed by atoms with Crippen molar-refractivity contribution >= 4 is 29.2 Å². The van der Waals surface area contributed by atoms with E-state index in [0.29, 0.717) is 28.3 Å². The smallest absolute Gasteiger partial charge is 0.317 e. The van der Waals surface area contributed by atoms with Gasteiger partial charge in [0.05, 0.1) is 6.54 Å².